The maximum absolute atomic E-state index is 14.9. The van der Waals surface area contributed by atoms with Crippen molar-refractivity contribution in [3.63, 3.8) is 0 Å². The molecule has 2 N–H and O–H groups in total. The molecule has 1 aliphatic heterocycles. The Morgan fingerprint density at radius 3 is 2.94 bits per heavy atom. The van der Waals surface area contributed by atoms with Crippen LogP contribution in [-0.4, -0.2) is 21.7 Å². The second kappa shape index (κ2) is 8.72. The number of Topliss-reactive ketones (excluding diaryl/α,β-unsaturated/α-hetero) is 1. The summed E-state index contributed by atoms with van der Waals surface area (Å²) in [6, 6.07) is 6.34. The average molecular weight is 472 g/mol. The number of halogens is 2. The monoisotopic (exact) mass is 471 g/mol. The van der Waals surface area contributed by atoms with Crippen LogP contribution in [0.3, 0.4) is 0 Å². The summed E-state index contributed by atoms with van der Waals surface area (Å²) in [7, 11) is 0. The average Bonchev–Trinajstić information content (AvgIpc) is 3.20. The van der Waals surface area contributed by atoms with Gasteiger partial charge in [0.1, 0.15) is 11.6 Å². The minimum atomic E-state index is -0.971. The number of thioether (sulfide) groups is 1. The number of carbonyl (C=O) groups is 1. The molecule has 0 bridgehead atoms. The maximum Gasteiger partial charge on any atom is 0.219 e. The smallest absolute Gasteiger partial charge is 0.219 e. The first kappa shape index (κ1) is 21.4. The molecule has 1 aliphatic carbocycles. The van der Waals surface area contributed by atoms with Crippen molar-refractivity contribution >= 4 is 45.6 Å². The van der Waals surface area contributed by atoms with Gasteiger partial charge < -0.3 is 5.73 Å². The van der Waals surface area contributed by atoms with Gasteiger partial charge in [-0.2, -0.15) is 5.26 Å². The highest BCUT2D eigenvalue weighted by atomic mass is 35.5. The number of anilines is 1. The number of aromatic nitrogens is 2. The topological polar surface area (TPSA) is 95.9 Å². The van der Waals surface area contributed by atoms with Crippen LogP contribution in [0, 0.1) is 29.5 Å². The molecule has 2 heterocycles. The van der Waals surface area contributed by atoms with Crippen LogP contribution < -0.4 is 10.6 Å². The normalized spacial score (nSPS) is 18.6. The largest absolute Gasteiger partial charge is 0.384 e. The first-order valence-corrected chi connectivity index (χ1v) is 11.5. The van der Waals surface area contributed by atoms with Crippen molar-refractivity contribution in [1.82, 2.24) is 10.2 Å². The van der Waals surface area contributed by atoms with E-state index in [1.165, 1.54) is 41.3 Å². The Hall–Kier alpha value is -2.85. The molecule has 1 aromatic heterocycles. The third-order valence-electron chi connectivity index (χ3n) is 5.07. The molecule has 156 valence electrons. The highest BCUT2D eigenvalue weighted by molar-refractivity contribution is 8.01. The fraction of sp³-hybridized carbons (Fsp3) is 0.238. The van der Waals surface area contributed by atoms with E-state index in [9.17, 15) is 14.4 Å². The van der Waals surface area contributed by atoms with Crippen LogP contribution in [0.1, 0.15) is 30.7 Å². The van der Waals surface area contributed by atoms with Gasteiger partial charge in [0.25, 0.3) is 0 Å². The minimum absolute atomic E-state index is 0.0500. The molecule has 10 heteroatoms. The molecule has 0 spiro atoms. The van der Waals surface area contributed by atoms with Crippen molar-refractivity contribution in [2.45, 2.75) is 29.5 Å². The number of ketones is 1. The van der Waals surface area contributed by atoms with E-state index >= 15 is 0 Å². The lowest BCUT2D eigenvalue weighted by Crippen LogP contribution is -2.39. The Morgan fingerprint density at radius 1 is 1.42 bits per heavy atom. The summed E-state index contributed by atoms with van der Waals surface area (Å²) in [6.07, 6.45) is 6.74. The lowest BCUT2D eigenvalue weighted by atomic mass is 9.75. The van der Waals surface area contributed by atoms with E-state index in [0.717, 1.165) is 0 Å². The molecule has 2 aliphatic rings. The van der Waals surface area contributed by atoms with Crippen molar-refractivity contribution in [3.05, 3.63) is 57.3 Å². The zero-order chi connectivity index (χ0) is 22.1. The van der Waals surface area contributed by atoms with Crippen LogP contribution in [0.4, 0.5) is 9.52 Å². The van der Waals surface area contributed by atoms with Gasteiger partial charge in [-0.1, -0.05) is 46.7 Å². The highest BCUT2D eigenvalue weighted by Gasteiger charge is 2.42. The molecule has 31 heavy (non-hydrogen) atoms. The lowest BCUT2D eigenvalue weighted by Gasteiger charge is -2.38. The van der Waals surface area contributed by atoms with Crippen LogP contribution in [0.2, 0.25) is 5.02 Å². The summed E-state index contributed by atoms with van der Waals surface area (Å²) in [5.41, 5.74) is 7.48. The molecule has 0 fully saturated rings. The van der Waals surface area contributed by atoms with Gasteiger partial charge in [0.15, 0.2) is 10.1 Å². The van der Waals surface area contributed by atoms with Gasteiger partial charge in [0.2, 0.25) is 5.13 Å². The van der Waals surface area contributed by atoms with Crippen molar-refractivity contribution in [3.8, 4) is 18.4 Å². The van der Waals surface area contributed by atoms with E-state index in [-0.39, 0.29) is 27.8 Å². The van der Waals surface area contributed by atoms with Crippen LogP contribution in [0.5, 0.6) is 0 Å². The number of benzene rings is 1. The number of terminal acetylenes is 1. The summed E-state index contributed by atoms with van der Waals surface area (Å²) in [5, 5.41) is 18.8. The zero-order valence-electron chi connectivity index (χ0n) is 16.1. The van der Waals surface area contributed by atoms with E-state index < -0.39 is 11.7 Å². The molecule has 1 aromatic carbocycles. The molecule has 0 radical (unpaired) electrons. The number of hydrogen-bond acceptors (Lipinski definition) is 8. The van der Waals surface area contributed by atoms with Gasteiger partial charge in [-0.15, -0.1) is 16.6 Å². The van der Waals surface area contributed by atoms with Crippen LogP contribution in [-0.2, 0) is 4.79 Å². The molecule has 6 nitrogen and oxygen atoms in total. The van der Waals surface area contributed by atoms with Crippen LogP contribution in [0.15, 0.2) is 45.2 Å². The Balaban J connectivity index is 1.92. The maximum atomic E-state index is 14.9. The summed E-state index contributed by atoms with van der Waals surface area (Å²) < 4.78 is 15.5. The third-order valence-corrected chi connectivity index (χ3v) is 7.34. The Labute approximate surface area is 191 Å². The van der Waals surface area contributed by atoms with Crippen molar-refractivity contribution < 1.29 is 9.18 Å². The molecular weight excluding hydrogens is 457 g/mol. The van der Waals surface area contributed by atoms with Gasteiger partial charge in [0.05, 0.1) is 23.3 Å². The van der Waals surface area contributed by atoms with Crippen LogP contribution >= 0.6 is 34.7 Å². The van der Waals surface area contributed by atoms with Crippen molar-refractivity contribution in [1.29, 1.82) is 5.26 Å². The lowest BCUT2D eigenvalue weighted by molar-refractivity contribution is -0.116. The summed E-state index contributed by atoms with van der Waals surface area (Å²) in [4.78, 5) is 14.6. The van der Waals surface area contributed by atoms with Crippen molar-refractivity contribution in [2.24, 2.45) is 5.73 Å². The third kappa shape index (κ3) is 3.70. The predicted molar refractivity (Wildman–Crippen MR) is 119 cm³/mol. The number of nitrogens with two attached hydrogens (primary N) is 1. The molecule has 0 amide bonds. The molecule has 0 saturated heterocycles. The second-order valence-electron chi connectivity index (χ2n) is 6.79. The molecule has 1 unspecified atom stereocenters. The van der Waals surface area contributed by atoms with E-state index in [4.69, 9.17) is 23.8 Å². The molecular formula is C21H15ClFN5OS2. The first-order valence-electron chi connectivity index (χ1n) is 9.27. The van der Waals surface area contributed by atoms with Gasteiger partial charge in [-0.05, 0) is 25.0 Å². The summed E-state index contributed by atoms with van der Waals surface area (Å²) >= 11 is 8.93. The first-order chi connectivity index (χ1) is 15.0. The van der Waals surface area contributed by atoms with E-state index in [2.05, 4.69) is 22.2 Å². The number of rotatable bonds is 4. The van der Waals surface area contributed by atoms with Crippen LogP contribution in [0.25, 0.3) is 0 Å². The Morgan fingerprint density at radius 2 is 2.23 bits per heavy atom. The van der Waals surface area contributed by atoms with Gasteiger partial charge in [-0.25, -0.2) is 4.39 Å². The SMILES string of the molecule is C#CCSc1nnc(N2C(N)=C(C#N)C(c3c(F)cccc3Cl)C3=C2CCCC3=O)s1. The molecule has 1 atom stereocenters. The van der Waals surface area contributed by atoms with E-state index in [1.807, 2.05) is 0 Å². The fourth-order valence-electron chi connectivity index (χ4n) is 3.83. The number of hydrogen-bond donors (Lipinski definition) is 1. The van der Waals surface area contributed by atoms with E-state index in [0.29, 0.717) is 45.8 Å². The van der Waals surface area contributed by atoms with Gasteiger partial charge in [-0.3, -0.25) is 9.69 Å². The second-order valence-corrected chi connectivity index (χ2v) is 9.38. The number of allylic oxidation sites excluding steroid dienone is 3. The predicted octanol–water partition coefficient (Wildman–Crippen LogP) is 4.36. The Kier molecular flexibility index (Phi) is 6.01. The minimum Gasteiger partial charge on any atom is -0.384 e. The number of nitrogens with zero attached hydrogens (tertiary/aromatic N) is 4. The fourth-order valence-corrected chi connectivity index (χ4v) is 5.67. The summed E-state index contributed by atoms with van der Waals surface area (Å²) in [6.45, 7) is 0. The molecule has 4 rings (SSSR count). The van der Waals surface area contributed by atoms with E-state index in [1.54, 1.807) is 4.90 Å². The molecule has 2 aromatic rings. The quantitative estimate of drug-likeness (QED) is 0.522. The Bertz CT molecular complexity index is 1200. The standard InChI is InChI=1S/C21H15ClFN5OS2/c1-2-9-30-21-27-26-20(31-21)28-14-7-4-8-15(29)18(14)16(11(10-24)19(28)25)17-12(22)5-3-6-13(17)23/h1,3,5-6,16H,4,7-9,25H2. The number of carbonyl (C=O) groups excluding carboxylic acids is 1. The molecule has 0 saturated carbocycles. The summed E-state index contributed by atoms with van der Waals surface area (Å²) in [5.74, 6) is 1.31. The zero-order valence-corrected chi connectivity index (χ0v) is 18.5. The number of nitriles is 1. The van der Waals surface area contributed by atoms with Gasteiger partial charge >= 0.3 is 0 Å². The van der Waals surface area contributed by atoms with Gasteiger partial charge in [0, 0.05) is 28.3 Å². The highest BCUT2D eigenvalue weighted by Crippen LogP contribution is 2.48. The van der Waals surface area contributed by atoms with Crippen molar-refractivity contribution in [2.75, 3.05) is 10.7 Å².